The highest BCUT2D eigenvalue weighted by Gasteiger charge is 2.19. The lowest BCUT2D eigenvalue weighted by Gasteiger charge is -2.11. The van der Waals surface area contributed by atoms with Gasteiger partial charge in [0.05, 0.1) is 13.0 Å². The Bertz CT molecular complexity index is 218. The summed E-state index contributed by atoms with van der Waals surface area (Å²) in [6.45, 7) is 4.01. The minimum atomic E-state index is -0.351. The van der Waals surface area contributed by atoms with Crippen LogP contribution in [-0.2, 0) is 9.53 Å². The van der Waals surface area contributed by atoms with Crippen molar-refractivity contribution in [2.45, 2.75) is 46.0 Å². The van der Waals surface area contributed by atoms with E-state index in [-0.39, 0.29) is 29.8 Å². The molecule has 0 saturated carbocycles. The van der Waals surface area contributed by atoms with Gasteiger partial charge in [0.25, 0.3) is 0 Å². The first-order valence-corrected chi connectivity index (χ1v) is 5.87. The van der Waals surface area contributed by atoms with E-state index in [1.165, 1.54) is 0 Å². The maximum Gasteiger partial charge on any atom is 0.306 e. The van der Waals surface area contributed by atoms with Gasteiger partial charge < -0.3 is 4.74 Å². The van der Waals surface area contributed by atoms with Gasteiger partial charge >= 0.3 is 5.97 Å². The molecule has 0 saturated heterocycles. The second-order valence-electron chi connectivity index (χ2n) is 3.89. The smallest absolute Gasteiger partial charge is 0.306 e. The SMILES string of the molecule is CCCCC[C@H](CC(=O)OCC)C[N+](=O)[O-]. The van der Waals surface area contributed by atoms with Gasteiger partial charge in [0, 0.05) is 10.8 Å². The molecule has 0 aliphatic heterocycles. The minimum Gasteiger partial charge on any atom is -0.466 e. The van der Waals surface area contributed by atoms with Gasteiger partial charge in [-0.05, 0) is 13.3 Å². The molecule has 0 rings (SSSR count). The normalized spacial score (nSPS) is 12.1. The van der Waals surface area contributed by atoms with Crippen LogP contribution in [0.5, 0.6) is 0 Å². The maximum atomic E-state index is 11.2. The van der Waals surface area contributed by atoms with Gasteiger partial charge in [-0.1, -0.05) is 26.2 Å². The van der Waals surface area contributed by atoms with Crippen LogP contribution in [0.3, 0.4) is 0 Å². The van der Waals surface area contributed by atoms with Gasteiger partial charge in [-0.3, -0.25) is 14.9 Å². The van der Waals surface area contributed by atoms with Crippen molar-refractivity contribution in [3.63, 3.8) is 0 Å². The van der Waals surface area contributed by atoms with E-state index >= 15 is 0 Å². The Morgan fingerprint density at radius 1 is 1.38 bits per heavy atom. The first-order chi connectivity index (χ1) is 7.60. The number of ether oxygens (including phenoxy) is 1. The maximum absolute atomic E-state index is 11.2. The van der Waals surface area contributed by atoms with Crippen LogP contribution in [-0.4, -0.2) is 24.0 Å². The van der Waals surface area contributed by atoms with Gasteiger partial charge in [0.15, 0.2) is 0 Å². The molecule has 5 heteroatoms. The molecule has 0 aromatic rings. The summed E-state index contributed by atoms with van der Waals surface area (Å²) in [5.41, 5.74) is 0. The fourth-order valence-corrected chi connectivity index (χ4v) is 1.61. The largest absolute Gasteiger partial charge is 0.466 e. The molecule has 0 aromatic carbocycles. The molecule has 0 spiro atoms. The lowest BCUT2D eigenvalue weighted by molar-refractivity contribution is -0.488. The van der Waals surface area contributed by atoms with Crippen molar-refractivity contribution in [1.82, 2.24) is 0 Å². The molecule has 16 heavy (non-hydrogen) atoms. The second kappa shape index (κ2) is 9.12. The molecule has 5 nitrogen and oxygen atoms in total. The number of hydrogen-bond donors (Lipinski definition) is 0. The molecule has 0 amide bonds. The molecule has 0 bridgehead atoms. The van der Waals surface area contributed by atoms with Crippen LogP contribution in [0.2, 0.25) is 0 Å². The van der Waals surface area contributed by atoms with Gasteiger partial charge in [-0.25, -0.2) is 0 Å². The zero-order chi connectivity index (χ0) is 12.4. The van der Waals surface area contributed by atoms with Crippen molar-refractivity contribution in [3.8, 4) is 0 Å². The van der Waals surface area contributed by atoms with Crippen LogP contribution in [0.1, 0.15) is 46.0 Å². The lowest BCUT2D eigenvalue weighted by Crippen LogP contribution is -2.19. The molecule has 0 aliphatic carbocycles. The van der Waals surface area contributed by atoms with Crippen LogP contribution >= 0.6 is 0 Å². The van der Waals surface area contributed by atoms with Crippen LogP contribution < -0.4 is 0 Å². The van der Waals surface area contributed by atoms with Crippen molar-refractivity contribution in [2.24, 2.45) is 5.92 Å². The lowest BCUT2D eigenvalue weighted by atomic mass is 9.98. The summed E-state index contributed by atoms with van der Waals surface area (Å²) < 4.78 is 4.80. The van der Waals surface area contributed by atoms with Crippen molar-refractivity contribution < 1.29 is 14.5 Å². The molecule has 0 fully saturated rings. The van der Waals surface area contributed by atoms with Crippen LogP contribution in [0, 0.1) is 16.0 Å². The van der Waals surface area contributed by atoms with E-state index in [1.54, 1.807) is 6.92 Å². The average Bonchev–Trinajstić information content (AvgIpc) is 2.17. The van der Waals surface area contributed by atoms with E-state index in [1.807, 2.05) is 0 Å². The van der Waals surface area contributed by atoms with Crippen molar-refractivity contribution >= 4 is 5.97 Å². The monoisotopic (exact) mass is 231 g/mol. The Hall–Kier alpha value is -1.13. The number of rotatable bonds is 9. The van der Waals surface area contributed by atoms with E-state index < -0.39 is 0 Å². The Morgan fingerprint density at radius 3 is 2.56 bits per heavy atom. The Balaban J connectivity index is 3.98. The highest BCUT2D eigenvalue weighted by molar-refractivity contribution is 5.69. The number of esters is 1. The fourth-order valence-electron chi connectivity index (χ4n) is 1.61. The number of nitrogens with zero attached hydrogens (tertiary/aromatic N) is 1. The third-order valence-corrected chi connectivity index (χ3v) is 2.38. The highest BCUT2D eigenvalue weighted by atomic mass is 16.6. The third-order valence-electron chi connectivity index (χ3n) is 2.38. The van der Waals surface area contributed by atoms with Crippen LogP contribution in [0.4, 0.5) is 0 Å². The Morgan fingerprint density at radius 2 is 2.06 bits per heavy atom. The molecule has 0 aromatic heterocycles. The van der Waals surface area contributed by atoms with Gasteiger partial charge in [-0.15, -0.1) is 0 Å². The van der Waals surface area contributed by atoms with E-state index in [9.17, 15) is 14.9 Å². The van der Waals surface area contributed by atoms with Gasteiger partial charge in [0.1, 0.15) is 0 Å². The quantitative estimate of drug-likeness (QED) is 0.264. The highest BCUT2D eigenvalue weighted by Crippen LogP contribution is 2.15. The van der Waals surface area contributed by atoms with E-state index in [0.717, 1.165) is 25.7 Å². The van der Waals surface area contributed by atoms with E-state index in [4.69, 9.17) is 4.74 Å². The fraction of sp³-hybridized carbons (Fsp3) is 0.909. The average molecular weight is 231 g/mol. The molecule has 0 aliphatic rings. The first-order valence-electron chi connectivity index (χ1n) is 5.87. The number of carbonyl (C=O) groups excluding carboxylic acids is 1. The standard InChI is InChI=1S/C11H21NO4/c1-3-5-6-7-10(9-12(14)15)8-11(13)16-4-2/h10H,3-9H2,1-2H3/t10-/m1/s1. The zero-order valence-electron chi connectivity index (χ0n) is 10.1. The summed E-state index contributed by atoms with van der Waals surface area (Å²) in [4.78, 5) is 21.3. The predicted octanol–water partition coefficient (Wildman–Crippen LogP) is 2.41. The topological polar surface area (TPSA) is 69.4 Å². The predicted molar refractivity (Wildman–Crippen MR) is 60.7 cm³/mol. The van der Waals surface area contributed by atoms with Crippen LogP contribution in [0.25, 0.3) is 0 Å². The third kappa shape index (κ3) is 8.20. The molecule has 0 N–H and O–H groups in total. The molecule has 0 unspecified atom stereocenters. The van der Waals surface area contributed by atoms with E-state index in [2.05, 4.69) is 6.92 Å². The molecular weight excluding hydrogens is 210 g/mol. The number of unbranched alkanes of at least 4 members (excludes halogenated alkanes) is 2. The summed E-state index contributed by atoms with van der Waals surface area (Å²) >= 11 is 0. The summed E-state index contributed by atoms with van der Waals surface area (Å²) in [6.07, 6.45) is 3.96. The first kappa shape index (κ1) is 14.9. The molecular formula is C11H21NO4. The van der Waals surface area contributed by atoms with Crippen molar-refractivity contribution in [3.05, 3.63) is 10.1 Å². The molecule has 1 atom stereocenters. The van der Waals surface area contributed by atoms with Gasteiger partial charge in [-0.2, -0.15) is 0 Å². The Kier molecular flexibility index (Phi) is 8.48. The zero-order valence-corrected chi connectivity index (χ0v) is 10.1. The molecule has 0 heterocycles. The van der Waals surface area contributed by atoms with Crippen molar-refractivity contribution in [2.75, 3.05) is 13.2 Å². The van der Waals surface area contributed by atoms with Gasteiger partial charge in [0.2, 0.25) is 6.54 Å². The number of hydrogen-bond acceptors (Lipinski definition) is 4. The van der Waals surface area contributed by atoms with Crippen LogP contribution in [0.15, 0.2) is 0 Å². The number of nitro groups is 1. The Labute approximate surface area is 96.3 Å². The molecule has 94 valence electrons. The molecule has 0 radical (unpaired) electrons. The summed E-state index contributed by atoms with van der Waals surface area (Å²) in [7, 11) is 0. The van der Waals surface area contributed by atoms with Crippen molar-refractivity contribution in [1.29, 1.82) is 0 Å². The summed E-state index contributed by atoms with van der Waals surface area (Å²) in [5, 5.41) is 10.4. The minimum absolute atomic E-state index is 0.136. The summed E-state index contributed by atoms with van der Waals surface area (Å²) in [5.74, 6) is -0.508. The second-order valence-corrected chi connectivity index (χ2v) is 3.89. The summed E-state index contributed by atoms with van der Waals surface area (Å²) in [6, 6.07) is 0. The number of carbonyl (C=O) groups is 1. The van der Waals surface area contributed by atoms with E-state index in [0.29, 0.717) is 6.61 Å².